The fourth-order valence-corrected chi connectivity index (χ4v) is 3.30. The van der Waals surface area contributed by atoms with Gasteiger partial charge in [-0.2, -0.15) is 0 Å². The van der Waals surface area contributed by atoms with Crippen molar-refractivity contribution in [3.05, 3.63) is 69.9 Å². The Labute approximate surface area is 127 Å². The smallest absolute Gasteiger partial charge is 0.137 e. The van der Waals surface area contributed by atoms with Crippen LogP contribution in [0.5, 0.6) is 0 Å². The summed E-state index contributed by atoms with van der Waals surface area (Å²) < 4.78 is 14.3. The van der Waals surface area contributed by atoms with Gasteiger partial charge in [-0.25, -0.2) is 4.39 Å². The van der Waals surface area contributed by atoms with Crippen molar-refractivity contribution in [2.24, 2.45) is 0 Å². The zero-order valence-corrected chi connectivity index (χ0v) is 12.7. The van der Waals surface area contributed by atoms with E-state index in [0.717, 1.165) is 25.1 Å². The van der Waals surface area contributed by atoms with Crippen LogP contribution in [-0.4, -0.2) is 13.1 Å². The fourth-order valence-electron chi connectivity index (χ4n) is 3.05. The molecule has 3 heteroatoms. The highest BCUT2D eigenvalue weighted by molar-refractivity contribution is 9.10. The molecule has 0 bridgehead atoms. The molecule has 0 aliphatic carbocycles. The van der Waals surface area contributed by atoms with Crippen LogP contribution in [0.4, 0.5) is 4.39 Å². The Hall–Kier alpha value is -1.19. The van der Waals surface area contributed by atoms with E-state index in [1.54, 1.807) is 6.07 Å². The predicted octanol–water partition coefficient (Wildman–Crippen LogP) is 4.45. The summed E-state index contributed by atoms with van der Waals surface area (Å²) in [6, 6.07) is 16.0. The quantitative estimate of drug-likeness (QED) is 0.856. The zero-order chi connectivity index (χ0) is 13.9. The Kier molecular flexibility index (Phi) is 4.18. The molecule has 1 saturated heterocycles. The molecule has 0 saturated carbocycles. The zero-order valence-electron chi connectivity index (χ0n) is 11.2. The Balaban J connectivity index is 1.94. The molecule has 104 valence electrons. The molecule has 1 fully saturated rings. The minimum atomic E-state index is -0.173. The van der Waals surface area contributed by atoms with E-state index in [2.05, 4.69) is 45.5 Å². The van der Waals surface area contributed by atoms with Crippen molar-refractivity contribution in [2.75, 3.05) is 13.1 Å². The maximum atomic E-state index is 13.8. The van der Waals surface area contributed by atoms with Crippen LogP contribution in [0.1, 0.15) is 29.4 Å². The van der Waals surface area contributed by atoms with Crippen LogP contribution in [0.2, 0.25) is 0 Å². The number of benzene rings is 2. The minimum absolute atomic E-state index is 0.173. The predicted molar refractivity (Wildman–Crippen MR) is 83.5 cm³/mol. The van der Waals surface area contributed by atoms with Gasteiger partial charge >= 0.3 is 0 Å². The molecule has 3 rings (SSSR count). The summed E-state index contributed by atoms with van der Waals surface area (Å²) in [7, 11) is 0. The fraction of sp³-hybridized carbons (Fsp3) is 0.294. The summed E-state index contributed by atoms with van der Waals surface area (Å²) in [5.41, 5.74) is 2.43. The highest BCUT2D eigenvalue weighted by Gasteiger charge is 2.27. The molecule has 20 heavy (non-hydrogen) atoms. The second kappa shape index (κ2) is 6.06. The molecule has 1 aliphatic rings. The third kappa shape index (κ3) is 2.79. The van der Waals surface area contributed by atoms with Crippen LogP contribution >= 0.6 is 15.9 Å². The lowest BCUT2D eigenvalue weighted by Crippen LogP contribution is -2.34. The Morgan fingerprint density at radius 1 is 1.00 bits per heavy atom. The molecule has 2 unspecified atom stereocenters. The van der Waals surface area contributed by atoms with Gasteiger partial charge in [-0.05, 0) is 58.1 Å². The Morgan fingerprint density at radius 2 is 1.80 bits per heavy atom. The number of nitrogens with one attached hydrogen (secondary N) is 1. The summed E-state index contributed by atoms with van der Waals surface area (Å²) in [5, 5.41) is 3.46. The van der Waals surface area contributed by atoms with E-state index in [0.29, 0.717) is 16.3 Å². The molecule has 1 nitrogen and oxygen atoms in total. The topological polar surface area (TPSA) is 12.0 Å². The highest BCUT2D eigenvalue weighted by atomic mass is 79.9. The summed E-state index contributed by atoms with van der Waals surface area (Å²) in [5.74, 6) is 0.611. The van der Waals surface area contributed by atoms with Crippen LogP contribution in [0, 0.1) is 5.82 Å². The van der Waals surface area contributed by atoms with Crippen molar-refractivity contribution in [3.8, 4) is 0 Å². The molecule has 0 amide bonds. The van der Waals surface area contributed by atoms with Gasteiger partial charge in [0, 0.05) is 12.5 Å². The number of hydrogen-bond donors (Lipinski definition) is 1. The van der Waals surface area contributed by atoms with Crippen molar-refractivity contribution >= 4 is 15.9 Å². The summed E-state index contributed by atoms with van der Waals surface area (Å²) in [6.45, 7) is 1.94. The van der Waals surface area contributed by atoms with Gasteiger partial charge in [0.25, 0.3) is 0 Å². The van der Waals surface area contributed by atoms with E-state index in [9.17, 15) is 4.39 Å². The minimum Gasteiger partial charge on any atom is -0.316 e. The Morgan fingerprint density at radius 3 is 2.55 bits per heavy atom. The number of hydrogen-bond acceptors (Lipinski definition) is 1. The molecule has 1 heterocycles. The molecule has 1 aliphatic heterocycles. The van der Waals surface area contributed by atoms with Gasteiger partial charge in [-0.3, -0.25) is 0 Å². The largest absolute Gasteiger partial charge is 0.316 e. The van der Waals surface area contributed by atoms with Crippen molar-refractivity contribution in [2.45, 2.75) is 18.3 Å². The SMILES string of the molecule is Fc1cc(C2CCNCC2c2ccccc2)ccc1Br. The van der Waals surface area contributed by atoms with Gasteiger partial charge in [0.05, 0.1) is 4.47 Å². The maximum Gasteiger partial charge on any atom is 0.137 e. The molecule has 0 aromatic heterocycles. The van der Waals surface area contributed by atoms with Gasteiger partial charge in [-0.15, -0.1) is 0 Å². The van der Waals surface area contributed by atoms with Crippen molar-refractivity contribution in [1.29, 1.82) is 0 Å². The average molecular weight is 334 g/mol. The van der Waals surface area contributed by atoms with Crippen LogP contribution in [0.15, 0.2) is 53.0 Å². The summed E-state index contributed by atoms with van der Waals surface area (Å²) >= 11 is 3.23. The molecule has 2 aromatic rings. The number of piperidine rings is 1. The van der Waals surface area contributed by atoms with E-state index in [1.807, 2.05) is 18.2 Å². The van der Waals surface area contributed by atoms with E-state index in [-0.39, 0.29) is 5.82 Å². The Bertz CT molecular complexity index is 585. The monoisotopic (exact) mass is 333 g/mol. The first-order chi connectivity index (χ1) is 9.75. The van der Waals surface area contributed by atoms with Gasteiger partial charge in [0.2, 0.25) is 0 Å². The maximum absolute atomic E-state index is 13.8. The van der Waals surface area contributed by atoms with Crippen LogP contribution in [-0.2, 0) is 0 Å². The van der Waals surface area contributed by atoms with Gasteiger partial charge in [0.1, 0.15) is 5.82 Å². The van der Waals surface area contributed by atoms with Crippen molar-refractivity contribution < 1.29 is 4.39 Å². The van der Waals surface area contributed by atoms with E-state index in [4.69, 9.17) is 0 Å². The number of rotatable bonds is 2. The van der Waals surface area contributed by atoms with Crippen molar-refractivity contribution in [1.82, 2.24) is 5.32 Å². The first-order valence-corrected chi connectivity index (χ1v) is 7.75. The standard InChI is InChI=1S/C17H17BrFN/c18-16-7-6-13(10-17(16)19)14-8-9-20-11-15(14)12-4-2-1-3-5-12/h1-7,10,14-15,20H,8-9,11H2. The van der Waals surface area contributed by atoms with E-state index in [1.165, 1.54) is 5.56 Å². The third-order valence-electron chi connectivity index (χ3n) is 4.08. The number of halogens is 2. The molecule has 1 N–H and O–H groups in total. The highest BCUT2D eigenvalue weighted by Crippen LogP contribution is 2.38. The van der Waals surface area contributed by atoms with E-state index < -0.39 is 0 Å². The second-order valence-electron chi connectivity index (χ2n) is 5.29. The van der Waals surface area contributed by atoms with Crippen LogP contribution in [0.3, 0.4) is 0 Å². The molecular formula is C17H17BrFN. The normalized spacial score (nSPS) is 22.7. The van der Waals surface area contributed by atoms with Crippen LogP contribution < -0.4 is 5.32 Å². The first-order valence-electron chi connectivity index (χ1n) is 6.96. The lowest BCUT2D eigenvalue weighted by Gasteiger charge is -2.33. The lowest BCUT2D eigenvalue weighted by atomic mass is 9.77. The van der Waals surface area contributed by atoms with E-state index >= 15 is 0 Å². The molecular weight excluding hydrogens is 317 g/mol. The first kappa shape index (κ1) is 13.8. The van der Waals surface area contributed by atoms with Gasteiger partial charge < -0.3 is 5.32 Å². The van der Waals surface area contributed by atoms with Crippen molar-refractivity contribution in [3.63, 3.8) is 0 Å². The van der Waals surface area contributed by atoms with Gasteiger partial charge in [0.15, 0.2) is 0 Å². The molecule has 0 radical (unpaired) electrons. The average Bonchev–Trinajstić information content (AvgIpc) is 2.51. The molecule has 2 aromatic carbocycles. The summed E-state index contributed by atoms with van der Waals surface area (Å²) in [4.78, 5) is 0. The lowest BCUT2D eigenvalue weighted by molar-refractivity contribution is 0.403. The molecule has 0 spiro atoms. The molecule has 2 atom stereocenters. The van der Waals surface area contributed by atoms with Gasteiger partial charge in [-0.1, -0.05) is 36.4 Å². The van der Waals surface area contributed by atoms with Crippen LogP contribution in [0.25, 0.3) is 0 Å². The second-order valence-corrected chi connectivity index (χ2v) is 6.14. The summed E-state index contributed by atoms with van der Waals surface area (Å²) in [6.07, 6.45) is 1.04. The third-order valence-corrected chi connectivity index (χ3v) is 4.72.